The summed E-state index contributed by atoms with van der Waals surface area (Å²) >= 11 is 1.35. The molecule has 0 saturated heterocycles. The lowest BCUT2D eigenvalue weighted by molar-refractivity contribution is -0.148. The van der Waals surface area contributed by atoms with Crippen LogP contribution in [0.25, 0.3) is 0 Å². The van der Waals surface area contributed by atoms with E-state index >= 15 is 0 Å². The average molecular weight is 296 g/mol. The van der Waals surface area contributed by atoms with Crippen LogP contribution in [0.5, 0.6) is 0 Å². The SMILES string of the molecule is Cc1nc(C(C)(C)C)sc1C(=O)NC1(C(=O)O)CCC1. The predicted molar refractivity (Wildman–Crippen MR) is 77.2 cm³/mol. The number of aliphatic carboxylic acids is 1. The summed E-state index contributed by atoms with van der Waals surface area (Å²) in [6, 6.07) is 0. The summed E-state index contributed by atoms with van der Waals surface area (Å²) in [5.41, 5.74) is -0.526. The number of thiazole rings is 1. The molecule has 0 atom stereocenters. The van der Waals surface area contributed by atoms with Crippen LogP contribution in [-0.4, -0.2) is 27.5 Å². The lowest BCUT2D eigenvalue weighted by Crippen LogP contribution is -2.59. The number of rotatable bonds is 3. The second kappa shape index (κ2) is 4.84. The van der Waals surface area contributed by atoms with E-state index in [9.17, 15) is 14.7 Å². The number of carboxylic acid groups (broad SMARTS) is 1. The topological polar surface area (TPSA) is 79.3 Å². The number of nitrogens with zero attached hydrogens (tertiary/aromatic N) is 1. The monoisotopic (exact) mass is 296 g/mol. The van der Waals surface area contributed by atoms with E-state index in [1.54, 1.807) is 6.92 Å². The molecule has 5 nitrogen and oxygen atoms in total. The van der Waals surface area contributed by atoms with Gasteiger partial charge in [-0.05, 0) is 26.2 Å². The largest absolute Gasteiger partial charge is 0.480 e. The maximum Gasteiger partial charge on any atom is 0.329 e. The van der Waals surface area contributed by atoms with Crippen LogP contribution in [0.4, 0.5) is 0 Å². The van der Waals surface area contributed by atoms with Crippen LogP contribution < -0.4 is 5.32 Å². The molecule has 1 aromatic rings. The molecule has 0 spiro atoms. The van der Waals surface area contributed by atoms with Crippen molar-refractivity contribution in [3.63, 3.8) is 0 Å². The highest BCUT2D eigenvalue weighted by Crippen LogP contribution is 2.34. The van der Waals surface area contributed by atoms with Gasteiger partial charge in [0.2, 0.25) is 0 Å². The zero-order valence-corrected chi connectivity index (χ0v) is 13.1. The standard InChI is InChI=1S/C14H20N2O3S/c1-8-9(20-11(15-8)13(2,3)4)10(17)16-14(12(18)19)6-5-7-14/h5-7H2,1-4H3,(H,16,17)(H,18,19). The summed E-state index contributed by atoms with van der Waals surface area (Å²) in [5, 5.41) is 12.8. The smallest absolute Gasteiger partial charge is 0.329 e. The highest BCUT2D eigenvalue weighted by molar-refractivity contribution is 7.14. The second-order valence-electron chi connectivity index (χ2n) is 6.38. The Morgan fingerprint density at radius 1 is 1.35 bits per heavy atom. The zero-order valence-electron chi connectivity index (χ0n) is 12.2. The fourth-order valence-corrected chi connectivity index (χ4v) is 3.14. The summed E-state index contributed by atoms with van der Waals surface area (Å²) in [4.78, 5) is 28.6. The maximum atomic E-state index is 12.3. The van der Waals surface area contributed by atoms with Crippen LogP contribution in [0.2, 0.25) is 0 Å². The van der Waals surface area contributed by atoms with Gasteiger partial charge < -0.3 is 10.4 Å². The number of aromatic nitrogens is 1. The van der Waals surface area contributed by atoms with Crippen molar-refractivity contribution in [1.82, 2.24) is 10.3 Å². The van der Waals surface area contributed by atoms with Gasteiger partial charge in [-0.1, -0.05) is 20.8 Å². The fourth-order valence-electron chi connectivity index (χ4n) is 2.12. The van der Waals surface area contributed by atoms with Crippen LogP contribution in [0.1, 0.15) is 60.4 Å². The quantitative estimate of drug-likeness (QED) is 0.898. The van der Waals surface area contributed by atoms with Crippen molar-refractivity contribution < 1.29 is 14.7 Å². The van der Waals surface area contributed by atoms with Crippen molar-refractivity contribution in [3.05, 3.63) is 15.6 Å². The number of carbonyl (C=O) groups is 2. The Morgan fingerprint density at radius 2 is 1.95 bits per heavy atom. The van der Waals surface area contributed by atoms with Crippen molar-refractivity contribution >= 4 is 23.2 Å². The summed E-state index contributed by atoms with van der Waals surface area (Å²) in [6.45, 7) is 7.90. The van der Waals surface area contributed by atoms with Gasteiger partial charge in [0.1, 0.15) is 10.4 Å². The summed E-state index contributed by atoms with van der Waals surface area (Å²) < 4.78 is 0. The van der Waals surface area contributed by atoms with Gasteiger partial charge >= 0.3 is 5.97 Å². The van der Waals surface area contributed by atoms with E-state index in [2.05, 4.69) is 10.3 Å². The van der Waals surface area contributed by atoms with Gasteiger partial charge in [0.15, 0.2) is 0 Å². The first-order chi connectivity index (χ1) is 9.16. The molecule has 1 saturated carbocycles. The van der Waals surface area contributed by atoms with Crippen molar-refractivity contribution in [2.24, 2.45) is 0 Å². The molecule has 1 amide bonds. The normalized spacial score (nSPS) is 17.4. The molecule has 1 aromatic heterocycles. The van der Waals surface area contributed by atoms with E-state index in [1.807, 2.05) is 20.8 Å². The first-order valence-corrected chi connectivity index (χ1v) is 7.51. The third-order valence-electron chi connectivity index (χ3n) is 3.61. The van der Waals surface area contributed by atoms with E-state index in [1.165, 1.54) is 11.3 Å². The molecular formula is C14H20N2O3S. The Kier molecular flexibility index (Phi) is 3.62. The Hall–Kier alpha value is -1.43. The van der Waals surface area contributed by atoms with Crippen molar-refractivity contribution in [2.45, 2.75) is 57.9 Å². The molecule has 1 fully saturated rings. The highest BCUT2D eigenvalue weighted by Gasteiger charge is 2.46. The number of aryl methyl sites for hydroxylation is 1. The Balaban J connectivity index is 2.22. The summed E-state index contributed by atoms with van der Waals surface area (Å²) in [6.07, 6.45) is 1.83. The minimum absolute atomic E-state index is 0.116. The molecule has 0 bridgehead atoms. The Bertz CT molecular complexity index is 553. The molecule has 0 radical (unpaired) electrons. The van der Waals surface area contributed by atoms with Crippen LogP contribution in [-0.2, 0) is 10.2 Å². The van der Waals surface area contributed by atoms with Gasteiger partial charge in [-0.3, -0.25) is 4.79 Å². The first-order valence-electron chi connectivity index (χ1n) is 6.69. The summed E-state index contributed by atoms with van der Waals surface area (Å²) in [5.74, 6) is -1.27. The van der Waals surface area contributed by atoms with Gasteiger partial charge in [-0.25, -0.2) is 9.78 Å². The molecule has 2 rings (SSSR count). The molecule has 0 aliphatic heterocycles. The Morgan fingerprint density at radius 3 is 2.30 bits per heavy atom. The van der Waals surface area contributed by atoms with Gasteiger partial charge in [-0.15, -0.1) is 11.3 Å². The minimum atomic E-state index is -1.07. The van der Waals surface area contributed by atoms with Gasteiger partial charge in [0, 0.05) is 5.41 Å². The molecule has 0 unspecified atom stereocenters. The van der Waals surface area contributed by atoms with Crippen LogP contribution in [0, 0.1) is 6.92 Å². The highest BCUT2D eigenvalue weighted by atomic mass is 32.1. The molecule has 1 aliphatic rings. The van der Waals surface area contributed by atoms with E-state index in [-0.39, 0.29) is 11.3 Å². The molecule has 110 valence electrons. The van der Waals surface area contributed by atoms with E-state index in [0.29, 0.717) is 23.4 Å². The number of carboxylic acids is 1. The molecule has 6 heteroatoms. The fraction of sp³-hybridized carbons (Fsp3) is 0.643. The average Bonchev–Trinajstić information content (AvgIpc) is 2.64. The second-order valence-corrected chi connectivity index (χ2v) is 7.38. The third-order valence-corrected chi connectivity index (χ3v) is 5.20. The minimum Gasteiger partial charge on any atom is -0.480 e. The number of amides is 1. The molecule has 1 heterocycles. The Labute approximate surface area is 122 Å². The molecule has 20 heavy (non-hydrogen) atoms. The van der Waals surface area contributed by atoms with Gasteiger partial charge in [-0.2, -0.15) is 0 Å². The van der Waals surface area contributed by atoms with Crippen LogP contribution in [0.3, 0.4) is 0 Å². The molecular weight excluding hydrogens is 276 g/mol. The van der Waals surface area contributed by atoms with Crippen molar-refractivity contribution in [2.75, 3.05) is 0 Å². The first kappa shape index (κ1) is 15.0. The van der Waals surface area contributed by atoms with E-state index in [4.69, 9.17) is 0 Å². The zero-order chi connectivity index (χ0) is 15.1. The number of nitrogens with one attached hydrogen (secondary N) is 1. The van der Waals surface area contributed by atoms with Crippen molar-refractivity contribution in [3.8, 4) is 0 Å². The van der Waals surface area contributed by atoms with Gasteiger partial charge in [0.25, 0.3) is 5.91 Å². The van der Waals surface area contributed by atoms with E-state index in [0.717, 1.165) is 11.4 Å². The number of carbonyl (C=O) groups excluding carboxylic acids is 1. The lowest BCUT2D eigenvalue weighted by Gasteiger charge is -2.38. The number of hydrogen-bond acceptors (Lipinski definition) is 4. The van der Waals surface area contributed by atoms with Gasteiger partial charge in [0.05, 0.1) is 10.7 Å². The van der Waals surface area contributed by atoms with Crippen LogP contribution in [0.15, 0.2) is 0 Å². The predicted octanol–water partition coefficient (Wildman–Crippen LogP) is 2.49. The van der Waals surface area contributed by atoms with Crippen molar-refractivity contribution in [1.29, 1.82) is 0 Å². The molecule has 1 aliphatic carbocycles. The molecule has 0 aromatic carbocycles. The third kappa shape index (κ3) is 2.57. The van der Waals surface area contributed by atoms with Crippen LogP contribution >= 0.6 is 11.3 Å². The van der Waals surface area contributed by atoms with E-state index < -0.39 is 11.5 Å². The lowest BCUT2D eigenvalue weighted by atomic mass is 9.76. The number of hydrogen-bond donors (Lipinski definition) is 2. The maximum absolute atomic E-state index is 12.3. The molecule has 2 N–H and O–H groups in total. The summed E-state index contributed by atoms with van der Waals surface area (Å²) in [7, 11) is 0.